The molecule has 2 aliphatic rings. The van der Waals surface area contributed by atoms with Gasteiger partial charge in [-0.05, 0) is 38.3 Å². The van der Waals surface area contributed by atoms with Crippen LogP contribution in [0, 0.1) is 11.8 Å². The normalized spacial score (nSPS) is 37.5. The van der Waals surface area contributed by atoms with E-state index in [4.69, 9.17) is 0 Å². The Hall–Kier alpha value is -0.370. The maximum absolute atomic E-state index is 10.3. The van der Waals surface area contributed by atoms with Gasteiger partial charge in [0.15, 0.2) is 0 Å². The summed E-state index contributed by atoms with van der Waals surface area (Å²) >= 11 is 0. The van der Waals surface area contributed by atoms with Crippen LogP contribution in [-0.4, -0.2) is 30.8 Å². The van der Waals surface area contributed by atoms with E-state index in [0.29, 0.717) is 11.8 Å². The van der Waals surface area contributed by atoms with E-state index in [2.05, 4.69) is 4.90 Å². The lowest BCUT2D eigenvalue weighted by Crippen LogP contribution is -2.22. The van der Waals surface area contributed by atoms with Crippen LogP contribution in [0.5, 0.6) is 0 Å². The van der Waals surface area contributed by atoms with E-state index in [9.17, 15) is 4.79 Å². The molecule has 0 aromatic rings. The van der Waals surface area contributed by atoms with Crippen molar-refractivity contribution in [2.75, 3.05) is 19.6 Å². The van der Waals surface area contributed by atoms with Crippen LogP contribution in [0.2, 0.25) is 0 Å². The predicted octanol–water partition coefficient (Wildman–Crippen LogP) is 0.917. The van der Waals surface area contributed by atoms with E-state index >= 15 is 0 Å². The Morgan fingerprint density at radius 2 is 2.09 bits per heavy atom. The highest BCUT2D eigenvalue weighted by atomic mass is 16.1. The Morgan fingerprint density at radius 3 is 2.64 bits per heavy atom. The van der Waals surface area contributed by atoms with Crippen LogP contribution >= 0.6 is 0 Å². The number of rotatable bonds is 3. The summed E-state index contributed by atoms with van der Waals surface area (Å²) < 4.78 is 0. The SMILES string of the molecule is O=CC1CC1CN1CCCC1. The Bertz CT molecular complexity index is 152. The van der Waals surface area contributed by atoms with Crippen LogP contribution in [0.4, 0.5) is 0 Å². The third-order valence-corrected chi connectivity index (χ3v) is 2.84. The number of carbonyl (C=O) groups is 1. The molecule has 0 bridgehead atoms. The number of hydrogen-bond acceptors (Lipinski definition) is 2. The molecular weight excluding hydrogens is 138 g/mol. The molecular formula is C9H15NO. The first kappa shape index (κ1) is 7.29. The second-order valence-corrected chi connectivity index (χ2v) is 3.80. The molecule has 2 unspecified atom stereocenters. The van der Waals surface area contributed by atoms with E-state index in [1.54, 1.807) is 0 Å². The minimum absolute atomic E-state index is 0.413. The van der Waals surface area contributed by atoms with E-state index in [0.717, 1.165) is 12.7 Å². The van der Waals surface area contributed by atoms with Gasteiger partial charge in [-0.2, -0.15) is 0 Å². The predicted molar refractivity (Wildman–Crippen MR) is 43.3 cm³/mol. The monoisotopic (exact) mass is 153 g/mol. The molecule has 1 aliphatic carbocycles. The van der Waals surface area contributed by atoms with Crippen LogP contribution in [0.25, 0.3) is 0 Å². The van der Waals surface area contributed by atoms with Gasteiger partial charge in [0.1, 0.15) is 6.29 Å². The molecule has 1 aliphatic heterocycles. The van der Waals surface area contributed by atoms with Crippen LogP contribution in [-0.2, 0) is 4.79 Å². The summed E-state index contributed by atoms with van der Waals surface area (Å²) in [4.78, 5) is 12.8. The first-order valence-electron chi connectivity index (χ1n) is 4.58. The van der Waals surface area contributed by atoms with Gasteiger partial charge in [0.05, 0.1) is 0 Å². The molecule has 2 fully saturated rings. The Kier molecular flexibility index (Phi) is 1.95. The highest BCUT2D eigenvalue weighted by Crippen LogP contribution is 2.37. The number of carbonyl (C=O) groups excluding carboxylic acids is 1. The largest absolute Gasteiger partial charge is 0.303 e. The molecule has 1 saturated heterocycles. The van der Waals surface area contributed by atoms with Crippen molar-refractivity contribution < 1.29 is 4.79 Å². The average Bonchev–Trinajstić information content (AvgIpc) is 2.54. The molecule has 0 spiro atoms. The van der Waals surface area contributed by atoms with Crippen molar-refractivity contribution >= 4 is 6.29 Å². The zero-order valence-electron chi connectivity index (χ0n) is 6.83. The summed E-state index contributed by atoms with van der Waals surface area (Å²) in [6.07, 6.45) is 5.00. The Balaban J connectivity index is 1.70. The summed E-state index contributed by atoms with van der Waals surface area (Å²) in [6, 6.07) is 0. The average molecular weight is 153 g/mol. The lowest BCUT2D eigenvalue weighted by atomic mass is 10.3. The first-order valence-corrected chi connectivity index (χ1v) is 4.58. The third kappa shape index (κ3) is 1.62. The van der Waals surface area contributed by atoms with E-state index in [1.807, 2.05) is 0 Å². The van der Waals surface area contributed by atoms with Crippen molar-refractivity contribution in [1.82, 2.24) is 4.90 Å². The highest BCUT2D eigenvalue weighted by molar-refractivity contribution is 5.58. The lowest BCUT2D eigenvalue weighted by molar-refractivity contribution is -0.109. The van der Waals surface area contributed by atoms with E-state index in [1.165, 1.54) is 32.5 Å². The molecule has 0 amide bonds. The molecule has 2 atom stereocenters. The van der Waals surface area contributed by atoms with Gasteiger partial charge >= 0.3 is 0 Å². The zero-order chi connectivity index (χ0) is 7.68. The van der Waals surface area contributed by atoms with Gasteiger partial charge in [0.2, 0.25) is 0 Å². The Labute approximate surface area is 67.6 Å². The van der Waals surface area contributed by atoms with Crippen LogP contribution < -0.4 is 0 Å². The molecule has 2 heteroatoms. The fourth-order valence-corrected chi connectivity index (χ4v) is 1.94. The summed E-state index contributed by atoms with van der Waals surface area (Å²) in [6.45, 7) is 3.72. The van der Waals surface area contributed by atoms with Gasteiger partial charge in [0, 0.05) is 12.5 Å². The van der Waals surface area contributed by atoms with Gasteiger partial charge in [0.25, 0.3) is 0 Å². The quantitative estimate of drug-likeness (QED) is 0.562. The fraction of sp³-hybridized carbons (Fsp3) is 0.889. The second-order valence-electron chi connectivity index (χ2n) is 3.80. The number of aldehydes is 1. The summed E-state index contributed by atoms with van der Waals surface area (Å²) in [5.41, 5.74) is 0. The molecule has 0 radical (unpaired) electrons. The molecule has 11 heavy (non-hydrogen) atoms. The first-order chi connectivity index (χ1) is 5.40. The summed E-state index contributed by atoms with van der Waals surface area (Å²) in [7, 11) is 0. The number of nitrogens with zero attached hydrogens (tertiary/aromatic N) is 1. The van der Waals surface area contributed by atoms with Gasteiger partial charge in [-0.1, -0.05) is 0 Å². The van der Waals surface area contributed by atoms with Crippen LogP contribution in [0.3, 0.4) is 0 Å². The summed E-state index contributed by atoms with van der Waals surface area (Å²) in [5.74, 6) is 1.13. The molecule has 0 N–H and O–H groups in total. The zero-order valence-corrected chi connectivity index (χ0v) is 6.83. The molecule has 1 heterocycles. The molecule has 0 aromatic carbocycles. The molecule has 2 nitrogen and oxygen atoms in total. The minimum Gasteiger partial charge on any atom is -0.303 e. The van der Waals surface area contributed by atoms with Crippen molar-refractivity contribution in [2.45, 2.75) is 19.3 Å². The van der Waals surface area contributed by atoms with Crippen molar-refractivity contribution in [3.8, 4) is 0 Å². The molecule has 1 saturated carbocycles. The topological polar surface area (TPSA) is 20.3 Å². The fourth-order valence-electron chi connectivity index (χ4n) is 1.94. The smallest absolute Gasteiger partial charge is 0.123 e. The standard InChI is InChI=1S/C9H15NO/c11-7-9-5-8(9)6-10-3-1-2-4-10/h7-9H,1-6H2. The third-order valence-electron chi connectivity index (χ3n) is 2.84. The van der Waals surface area contributed by atoms with Gasteiger partial charge < -0.3 is 9.69 Å². The molecule has 62 valence electrons. The number of hydrogen-bond donors (Lipinski definition) is 0. The van der Waals surface area contributed by atoms with Gasteiger partial charge in [-0.3, -0.25) is 0 Å². The molecule has 0 aromatic heterocycles. The van der Waals surface area contributed by atoms with Gasteiger partial charge in [-0.25, -0.2) is 0 Å². The van der Waals surface area contributed by atoms with Crippen molar-refractivity contribution in [3.05, 3.63) is 0 Å². The van der Waals surface area contributed by atoms with Crippen molar-refractivity contribution in [2.24, 2.45) is 11.8 Å². The molecule has 2 rings (SSSR count). The Morgan fingerprint density at radius 1 is 1.36 bits per heavy atom. The minimum atomic E-state index is 0.413. The van der Waals surface area contributed by atoms with Crippen LogP contribution in [0.15, 0.2) is 0 Å². The summed E-state index contributed by atoms with van der Waals surface area (Å²) in [5, 5.41) is 0. The van der Waals surface area contributed by atoms with E-state index in [-0.39, 0.29) is 0 Å². The highest BCUT2D eigenvalue weighted by Gasteiger charge is 2.37. The van der Waals surface area contributed by atoms with Gasteiger partial charge in [-0.15, -0.1) is 0 Å². The van der Waals surface area contributed by atoms with E-state index < -0.39 is 0 Å². The second kappa shape index (κ2) is 2.94. The van der Waals surface area contributed by atoms with Crippen LogP contribution in [0.1, 0.15) is 19.3 Å². The number of likely N-dealkylation sites (tertiary alicyclic amines) is 1. The maximum atomic E-state index is 10.3. The van der Waals surface area contributed by atoms with Crippen molar-refractivity contribution in [3.63, 3.8) is 0 Å². The maximum Gasteiger partial charge on any atom is 0.123 e. The van der Waals surface area contributed by atoms with Crippen molar-refractivity contribution in [1.29, 1.82) is 0 Å². The lowest BCUT2D eigenvalue weighted by Gasteiger charge is -2.12.